The normalized spacial score (nSPS) is 10.7. The van der Waals surface area contributed by atoms with Crippen LogP contribution in [0.25, 0.3) is 0 Å². The molecule has 8 heteroatoms. The van der Waals surface area contributed by atoms with E-state index in [2.05, 4.69) is 4.72 Å². The standard InChI is InChI=1S/C15H16ClFN4OS/c1-2-20-23-13-4-3-11(17)5-9(13)7-21-8-10(16)6-12(14(21)18)15(19)22/h3-6,8,18,20H,2,7H2,1H3,(H2,19,22). The summed E-state index contributed by atoms with van der Waals surface area (Å²) in [6.45, 7) is 2.91. The van der Waals surface area contributed by atoms with Crippen LogP contribution in [-0.4, -0.2) is 17.0 Å². The molecule has 0 aliphatic carbocycles. The molecule has 2 aromatic rings. The molecule has 0 radical (unpaired) electrons. The highest BCUT2D eigenvalue weighted by Gasteiger charge is 2.11. The smallest absolute Gasteiger partial charge is 0.252 e. The van der Waals surface area contributed by atoms with Gasteiger partial charge in [-0.05, 0) is 41.8 Å². The summed E-state index contributed by atoms with van der Waals surface area (Å²) in [6.07, 6.45) is 1.52. The molecular formula is C15H16ClFN4OS. The molecule has 0 aliphatic rings. The lowest BCUT2D eigenvalue weighted by atomic mass is 10.2. The van der Waals surface area contributed by atoms with Crippen molar-refractivity contribution in [2.45, 2.75) is 18.4 Å². The van der Waals surface area contributed by atoms with Crippen LogP contribution in [0.2, 0.25) is 5.02 Å². The molecule has 0 saturated heterocycles. The first-order chi connectivity index (χ1) is 10.9. The van der Waals surface area contributed by atoms with Crippen LogP contribution in [0.4, 0.5) is 4.39 Å². The average Bonchev–Trinajstić information content (AvgIpc) is 2.49. The third-order valence-electron chi connectivity index (χ3n) is 3.06. The summed E-state index contributed by atoms with van der Waals surface area (Å²) in [5.74, 6) is -1.10. The SMILES string of the molecule is CCNSc1ccc(F)cc1Cn1cc(Cl)cc(C(N)=O)c1=N. The fraction of sp³-hybridized carbons (Fsp3) is 0.200. The maximum absolute atomic E-state index is 13.6. The monoisotopic (exact) mass is 354 g/mol. The summed E-state index contributed by atoms with van der Waals surface area (Å²) in [4.78, 5) is 12.2. The van der Waals surface area contributed by atoms with Gasteiger partial charge in [0.25, 0.3) is 5.91 Å². The van der Waals surface area contributed by atoms with Gasteiger partial charge >= 0.3 is 0 Å². The zero-order valence-electron chi connectivity index (χ0n) is 12.4. The number of primary amides is 1. The van der Waals surface area contributed by atoms with Gasteiger partial charge in [0, 0.05) is 17.6 Å². The van der Waals surface area contributed by atoms with Crippen molar-refractivity contribution >= 4 is 29.5 Å². The van der Waals surface area contributed by atoms with E-state index in [1.165, 1.54) is 40.9 Å². The largest absolute Gasteiger partial charge is 0.365 e. The van der Waals surface area contributed by atoms with E-state index < -0.39 is 5.91 Å². The maximum atomic E-state index is 13.6. The Balaban J connectivity index is 2.45. The topological polar surface area (TPSA) is 83.9 Å². The Labute approximate surface area is 142 Å². The summed E-state index contributed by atoms with van der Waals surface area (Å²) in [6, 6.07) is 5.80. The van der Waals surface area contributed by atoms with Crippen LogP contribution in [0.1, 0.15) is 22.8 Å². The first kappa shape index (κ1) is 17.5. The third kappa shape index (κ3) is 4.34. The summed E-state index contributed by atoms with van der Waals surface area (Å²) < 4.78 is 18.1. The highest BCUT2D eigenvalue weighted by atomic mass is 35.5. The number of amides is 1. The molecule has 0 spiro atoms. The summed E-state index contributed by atoms with van der Waals surface area (Å²) in [5, 5.41) is 8.36. The number of carbonyl (C=O) groups is 1. The summed E-state index contributed by atoms with van der Waals surface area (Å²) >= 11 is 7.36. The van der Waals surface area contributed by atoms with E-state index in [-0.39, 0.29) is 28.4 Å². The lowest BCUT2D eigenvalue weighted by Gasteiger charge is -2.13. The maximum Gasteiger partial charge on any atom is 0.252 e. The van der Waals surface area contributed by atoms with Gasteiger partial charge in [-0.15, -0.1) is 0 Å². The Morgan fingerprint density at radius 3 is 2.87 bits per heavy atom. The molecule has 4 N–H and O–H groups in total. The average molecular weight is 355 g/mol. The number of halogens is 2. The highest BCUT2D eigenvalue weighted by molar-refractivity contribution is 7.97. The van der Waals surface area contributed by atoms with E-state index in [1.807, 2.05) is 6.92 Å². The van der Waals surface area contributed by atoms with Gasteiger partial charge in [-0.1, -0.05) is 18.5 Å². The van der Waals surface area contributed by atoms with Gasteiger partial charge in [0.05, 0.1) is 17.1 Å². The minimum atomic E-state index is -0.729. The molecule has 23 heavy (non-hydrogen) atoms. The van der Waals surface area contributed by atoms with Crippen LogP contribution in [0, 0.1) is 11.2 Å². The van der Waals surface area contributed by atoms with E-state index in [1.54, 1.807) is 6.07 Å². The van der Waals surface area contributed by atoms with Crippen molar-refractivity contribution in [3.63, 3.8) is 0 Å². The molecule has 1 aromatic carbocycles. The molecule has 1 heterocycles. The Morgan fingerprint density at radius 2 is 2.22 bits per heavy atom. The van der Waals surface area contributed by atoms with E-state index in [9.17, 15) is 9.18 Å². The van der Waals surface area contributed by atoms with Crippen LogP contribution in [0.3, 0.4) is 0 Å². The Bertz CT molecular complexity index is 794. The second-order valence-electron chi connectivity index (χ2n) is 4.76. The number of pyridine rings is 1. The molecule has 1 aromatic heterocycles. The van der Waals surface area contributed by atoms with Crippen LogP contribution in [-0.2, 0) is 6.54 Å². The number of nitrogens with zero attached hydrogens (tertiary/aromatic N) is 1. The van der Waals surface area contributed by atoms with Gasteiger partial charge < -0.3 is 10.3 Å². The van der Waals surface area contributed by atoms with E-state index >= 15 is 0 Å². The zero-order chi connectivity index (χ0) is 17.0. The second kappa shape index (κ2) is 7.63. The van der Waals surface area contributed by atoms with Crippen molar-refractivity contribution in [2.24, 2.45) is 5.73 Å². The number of nitrogens with two attached hydrogens (primary N) is 1. The Hall–Kier alpha value is -1.83. The van der Waals surface area contributed by atoms with E-state index in [0.717, 1.165) is 11.4 Å². The third-order valence-corrected chi connectivity index (χ3v) is 4.32. The van der Waals surface area contributed by atoms with Crippen molar-refractivity contribution in [2.75, 3.05) is 6.54 Å². The van der Waals surface area contributed by atoms with Gasteiger partial charge in [-0.25, -0.2) is 4.39 Å². The van der Waals surface area contributed by atoms with Gasteiger partial charge in [0.1, 0.15) is 11.3 Å². The first-order valence-corrected chi connectivity index (χ1v) is 8.04. The zero-order valence-corrected chi connectivity index (χ0v) is 14.0. The van der Waals surface area contributed by atoms with Crippen LogP contribution in [0.15, 0.2) is 35.4 Å². The van der Waals surface area contributed by atoms with Crippen molar-refractivity contribution in [1.29, 1.82) is 5.41 Å². The van der Waals surface area contributed by atoms with E-state index in [4.69, 9.17) is 22.7 Å². The van der Waals surface area contributed by atoms with E-state index in [0.29, 0.717) is 5.56 Å². The van der Waals surface area contributed by atoms with Crippen LogP contribution < -0.4 is 15.9 Å². The van der Waals surface area contributed by atoms with Crippen LogP contribution in [0.5, 0.6) is 0 Å². The number of benzene rings is 1. The predicted molar refractivity (Wildman–Crippen MR) is 88.9 cm³/mol. The van der Waals surface area contributed by atoms with Crippen molar-refractivity contribution in [1.82, 2.24) is 9.29 Å². The molecule has 5 nitrogen and oxygen atoms in total. The summed E-state index contributed by atoms with van der Waals surface area (Å²) in [7, 11) is 0. The number of nitrogens with one attached hydrogen (secondary N) is 2. The van der Waals surface area contributed by atoms with Crippen LogP contribution >= 0.6 is 23.5 Å². The Kier molecular flexibility index (Phi) is 5.81. The van der Waals surface area contributed by atoms with Crippen molar-refractivity contribution in [3.05, 3.63) is 57.9 Å². The lowest BCUT2D eigenvalue weighted by Crippen LogP contribution is -2.30. The van der Waals surface area contributed by atoms with Gasteiger partial charge in [0.2, 0.25) is 0 Å². The number of aromatic nitrogens is 1. The Morgan fingerprint density at radius 1 is 1.48 bits per heavy atom. The quantitative estimate of drug-likeness (QED) is 0.697. The van der Waals surface area contributed by atoms with Crippen molar-refractivity contribution < 1.29 is 9.18 Å². The van der Waals surface area contributed by atoms with Gasteiger partial charge in [-0.2, -0.15) is 0 Å². The second-order valence-corrected chi connectivity index (χ2v) is 6.13. The lowest BCUT2D eigenvalue weighted by molar-refractivity contribution is 0.0997. The number of carbonyl (C=O) groups excluding carboxylic acids is 1. The van der Waals surface area contributed by atoms with Gasteiger partial charge in [0.15, 0.2) is 0 Å². The predicted octanol–water partition coefficient (Wildman–Crippen LogP) is 2.52. The molecule has 0 aliphatic heterocycles. The first-order valence-electron chi connectivity index (χ1n) is 6.85. The fourth-order valence-electron chi connectivity index (χ4n) is 2.03. The van der Waals surface area contributed by atoms with Crippen molar-refractivity contribution in [3.8, 4) is 0 Å². The van der Waals surface area contributed by atoms with Gasteiger partial charge in [-0.3, -0.25) is 14.9 Å². The molecule has 0 bridgehead atoms. The molecule has 1 amide bonds. The molecule has 0 fully saturated rings. The molecule has 0 unspecified atom stereocenters. The number of rotatable bonds is 6. The molecule has 0 atom stereocenters. The highest BCUT2D eigenvalue weighted by Crippen LogP contribution is 2.22. The molecule has 2 rings (SSSR count). The number of hydrogen-bond acceptors (Lipinski definition) is 4. The minimum Gasteiger partial charge on any atom is -0.365 e. The number of hydrogen-bond donors (Lipinski definition) is 3. The molecule has 122 valence electrons. The molecular weight excluding hydrogens is 339 g/mol. The minimum absolute atomic E-state index is 0.0230. The fourth-order valence-corrected chi connectivity index (χ4v) is 2.95. The molecule has 0 saturated carbocycles. The summed E-state index contributed by atoms with van der Waals surface area (Å²) in [5.41, 5.74) is 5.89.